The smallest absolute Gasteiger partial charge is 0.287 e. The zero-order valence-electron chi connectivity index (χ0n) is 11.8. The topological polar surface area (TPSA) is 97.1 Å². The summed E-state index contributed by atoms with van der Waals surface area (Å²) in [7, 11) is 1.81. The number of nitro groups is 1. The van der Waals surface area contributed by atoms with Crippen molar-refractivity contribution in [3.05, 3.63) is 49.6 Å². The molecule has 1 N–H and O–H groups in total. The number of hydrogen-bond acceptors (Lipinski definition) is 5. The van der Waals surface area contributed by atoms with E-state index in [0.717, 1.165) is 22.6 Å². The zero-order chi connectivity index (χ0) is 15.1. The van der Waals surface area contributed by atoms with Gasteiger partial charge < -0.3 is 4.90 Å². The van der Waals surface area contributed by atoms with Crippen molar-refractivity contribution in [2.75, 3.05) is 11.4 Å². The predicted molar refractivity (Wildman–Crippen MR) is 76.4 cm³/mol. The Kier molecular flexibility index (Phi) is 3.00. The van der Waals surface area contributed by atoms with Crippen LogP contribution in [0.3, 0.4) is 0 Å². The molecule has 2 aromatic heterocycles. The minimum absolute atomic E-state index is 0.0111. The maximum absolute atomic E-state index is 11.7. The van der Waals surface area contributed by atoms with Crippen LogP contribution in [0.2, 0.25) is 0 Å². The van der Waals surface area contributed by atoms with Crippen LogP contribution in [0.1, 0.15) is 16.8 Å². The number of H-pyrrole nitrogens is 1. The van der Waals surface area contributed by atoms with Gasteiger partial charge in [-0.2, -0.15) is 0 Å². The van der Waals surface area contributed by atoms with Crippen LogP contribution >= 0.6 is 0 Å². The third-order valence-electron chi connectivity index (χ3n) is 3.82. The second-order valence-electron chi connectivity index (χ2n) is 5.19. The first-order valence-electron chi connectivity index (χ1n) is 6.60. The van der Waals surface area contributed by atoms with E-state index in [0.29, 0.717) is 19.5 Å². The van der Waals surface area contributed by atoms with E-state index in [-0.39, 0.29) is 11.2 Å². The summed E-state index contributed by atoms with van der Waals surface area (Å²) in [6.45, 7) is 3.04. The van der Waals surface area contributed by atoms with Crippen molar-refractivity contribution in [3.8, 4) is 0 Å². The van der Waals surface area contributed by atoms with E-state index in [9.17, 15) is 14.9 Å². The van der Waals surface area contributed by atoms with Gasteiger partial charge in [0.25, 0.3) is 11.2 Å². The van der Waals surface area contributed by atoms with Gasteiger partial charge in [0.1, 0.15) is 12.0 Å². The van der Waals surface area contributed by atoms with Gasteiger partial charge in [-0.3, -0.25) is 24.7 Å². The standard InChI is InChI=1S/C13H15N5O3/c1-8-5-9(18(20)21)6-14-12(8)17-4-3-10-11(7-17)16(2)15-13(10)19/h5-6H,3-4,7H2,1-2H3,(H,15,19). The highest BCUT2D eigenvalue weighted by Crippen LogP contribution is 2.26. The third kappa shape index (κ3) is 2.18. The van der Waals surface area contributed by atoms with Gasteiger partial charge in [-0.15, -0.1) is 0 Å². The first kappa shape index (κ1) is 13.3. The molecule has 1 aliphatic heterocycles. The fourth-order valence-electron chi connectivity index (χ4n) is 2.75. The molecule has 0 radical (unpaired) electrons. The molecule has 8 nitrogen and oxygen atoms in total. The number of rotatable bonds is 2. The molecule has 0 aliphatic carbocycles. The van der Waals surface area contributed by atoms with Gasteiger partial charge in [0.05, 0.1) is 17.2 Å². The lowest BCUT2D eigenvalue weighted by Gasteiger charge is -2.29. The highest BCUT2D eigenvalue weighted by molar-refractivity contribution is 5.52. The van der Waals surface area contributed by atoms with E-state index in [2.05, 4.69) is 10.1 Å². The first-order chi connectivity index (χ1) is 9.97. The molecule has 21 heavy (non-hydrogen) atoms. The van der Waals surface area contributed by atoms with Gasteiger partial charge >= 0.3 is 0 Å². The number of aromatic nitrogens is 3. The average molecular weight is 289 g/mol. The third-order valence-corrected chi connectivity index (χ3v) is 3.82. The fraction of sp³-hybridized carbons (Fsp3) is 0.385. The van der Waals surface area contributed by atoms with E-state index in [4.69, 9.17) is 0 Å². The zero-order valence-corrected chi connectivity index (χ0v) is 11.8. The number of hydrogen-bond donors (Lipinski definition) is 1. The van der Waals surface area contributed by atoms with Crippen LogP contribution in [0.25, 0.3) is 0 Å². The van der Waals surface area contributed by atoms with E-state index in [1.165, 1.54) is 12.3 Å². The largest absolute Gasteiger partial charge is 0.350 e. The van der Waals surface area contributed by atoms with Crippen LogP contribution in [0, 0.1) is 17.0 Å². The number of anilines is 1. The van der Waals surface area contributed by atoms with Crippen LogP contribution in [0.4, 0.5) is 11.5 Å². The van der Waals surface area contributed by atoms with Crippen molar-refractivity contribution in [3.63, 3.8) is 0 Å². The Morgan fingerprint density at radius 2 is 2.24 bits per heavy atom. The number of aryl methyl sites for hydroxylation is 2. The molecule has 0 bridgehead atoms. The highest BCUT2D eigenvalue weighted by atomic mass is 16.6. The lowest BCUT2D eigenvalue weighted by atomic mass is 10.1. The van der Waals surface area contributed by atoms with E-state index in [1.807, 2.05) is 4.90 Å². The monoisotopic (exact) mass is 289 g/mol. The molecule has 110 valence electrons. The van der Waals surface area contributed by atoms with Crippen LogP contribution < -0.4 is 10.5 Å². The minimum atomic E-state index is -0.450. The molecule has 0 amide bonds. The summed E-state index contributed by atoms with van der Waals surface area (Å²) < 4.78 is 1.73. The van der Waals surface area contributed by atoms with Crippen LogP contribution in [0.15, 0.2) is 17.1 Å². The van der Waals surface area contributed by atoms with Gasteiger partial charge in [0.15, 0.2) is 0 Å². The van der Waals surface area contributed by atoms with Crippen LogP contribution in [-0.4, -0.2) is 26.2 Å². The molecule has 0 unspecified atom stereocenters. The summed E-state index contributed by atoms with van der Waals surface area (Å²) in [6.07, 6.45) is 1.91. The van der Waals surface area contributed by atoms with E-state index < -0.39 is 4.92 Å². The van der Waals surface area contributed by atoms with E-state index in [1.54, 1.807) is 18.7 Å². The van der Waals surface area contributed by atoms with Crippen molar-refractivity contribution in [1.82, 2.24) is 14.8 Å². The van der Waals surface area contributed by atoms with Gasteiger partial charge in [0, 0.05) is 25.2 Å². The normalized spacial score (nSPS) is 14.1. The molecule has 0 atom stereocenters. The van der Waals surface area contributed by atoms with Gasteiger partial charge in [-0.05, 0) is 18.9 Å². The van der Waals surface area contributed by atoms with Crippen molar-refractivity contribution < 1.29 is 4.92 Å². The maximum Gasteiger partial charge on any atom is 0.287 e. The molecule has 8 heteroatoms. The van der Waals surface area contributed by atoms with Crippen LogP contribution in [0.5, 0.6) is 0 Å². The quantitative estimate of drug-likeness (QED) is 0.654. The summed E-state index contributed by atoms with van der Waals surface area (Å²) in [4.78, 5) is 28.3. The molecule has 0 fully saturated rings. The SMILES string of the molecule is Cc1cc([N+](=O)[O-])cnc1N1CCc2c(n(C)[nH]c2=O)C1. The Morgan fingerprint density at radius 1 is 1.48 bits per heavy atom. The maximum atomic E-state index is 11.7. The number of nitrogens with one attached hydrogen (secondary N) is 1. The molecular formula is C13H15N5O3. The number of nitrogens with zero attached hydrogens (tertiary/aromatic N) is 4. The molecule has 3 rings (SSSR count). The molecule has 0 aromatic carbocycles. The van der Waals surface area contributed by atoms with Crippen molar-refractivity contribution in [1.29, 1.82) is 0 Å². The molecule has 0 spiro atoms. The van der Waals surface area contributed by atoms with E-state index >= 15 is 0 Å². The van der Waals surface area contributed by atoms with Crippen molar-refractivity contribution >= 4 is 11.5 Å². The van der Waals surface area contributed by atoms with Gasteiger partial charge in [0.2, 0.25) is 0 Å². The highest BCUT2D eigenvalue weighted by Gasteiger charge is 2.24. The van der Waals surface area contributed by atoms with Crippen molar-refractivity contribution in [2.24, 2.45) is 7.05 Å². The number of pyridine rings is 1. The number of aromatic amines is 1. The Bertz CT molecular complexity index is 777. The second kappa shape index (κ2) is 4.72. The Morgan fingerprint density at radius 3 is 2.90 bits per heavy atom. The van der Waals surface area contributed by atoms with Crippen LogP contribution in [-0.2, 0) is 20.0 Å². The van der Waals surface area contributed by atoms with Crippen molar-refractivity contribution in [2.45, 2.75) is 19.9 Å². The second-order valence-corrected chi connectivity index (χ2v) is 5.19. The Balaban J connectivity index is 1.94. The lowest BCUT2D eigenvalue weighted by Crippen LogP contribution is -2.33. The Hall–Kier alpha value is -2.64. The molecule has 3 heterocycles. The lowest BCUT2D eigenvalue weighted by molar-refractivity contribution is -0.385. The molecule has 2 aromatic rings. The summed E-state index contributed by atoms with van der Waals surface area (Å²) in [5.41, 5.74) is 2.45. The molecule has 1 aliphatic rings. The summed E-state index contributed by atoms with van der Waals surface area (Å²) in [5, 5.41) is 13.5. The minimum Gasteiger partial charge on any atom is -0.350 e. The van der Waals surface area contributed by atoms with Gasteiger partial charge in [-0.25, -0.2) is 4.98 Å². The summed E-state index contributed by atoms with van der Waals surface area (Å²) >= 11 is 0. The number of fused-ring (bicyclic) bond motifs is 1. The molecular weight excluding hydrogens is 274 g/mol. The molecule has 0 saturated carbocycles. The molecule has 0 saturated heterocycles. The van der Waals surface area contributed by atoms with Gasteiger partial charge in [-0.1, -0.05) is 0 Å². The predicted octanol–water partition coefficient (Wildman–Crippen LogP) is 0.888. The first-order valence-corrected chi connectivity index (χ1v) is 6.60. The Labute approximate surface area is 120 Å². The fourth-order valence-corrected chi connectivity index (χ4v) is 2.75. The summed E-state index contributed by atoms with van der Waals surface area (Å²) in [6, 6.07) is 1.52. The summed E-state index contributed by atoms with van der Waals surface area (Å²) in [5.74, 6) is 0.722. The average Bonchev–Trinajstić information content (AvgIpc) is 2.73.